The lowest BCUT2D eigenvalue weighted by atomic mass is 9.81. The van der Waals surface area contributed by atoms with Gasteiger partial charge in [-0.1, -0.05) is 19.1 Å². The van der Waals surface area contributed by atoms with Crippen molar-refractivity contribution in [2.45, 2.75) is 58.2 Å². The van der Waals surface area contributed by atoms with E-state index in [1.807, 2.05) is 39.8 Å². The topological polar surface area (TPSA) is 73.6 Å². The molecule has 1 aliphatic heterocycles. The average Bonchev–Trinajstić information content (AvgIpc) is 2.82. The maximum atomic E-state index is 11.9. The lowest BCUT2D eigenvalue weighted by Gasteiger charge is -2.30. The highest BCUT2D eigenvalue weighted by Gasteiger charge is 2.29. The predicted octanol–water partition coefficient (Wildman–Crippen LogP) is 2.75. The Morgan fingerprint density at radius 1 is 1.39 bits per heavy atom. The van der Waals surface area contributed by atoms with Crippen LogP contribution in [0.5, 0.6) is 5.75 Å². The molecular formula is C18H28N2O3. The fourth-order valence-corrected chi connectivity index (χ4v) is 2.67. The van der Waals surface area contributed by atoms with Crippen LogP contribution >= 0.6 is 0 Å². The van der Waals surface area contributed by atoms with Crippen LogP contribution in [0.15, 0.2) is 18.2 Å². The molecule has 5 heteroatoms. The summed E-state index contributed by atoms with van der Waals surface area (Å²) in [6.45, 7) is 10.5. The van der Waals surface area contributed by atoms with E-state index in [9.17, 15) is 4.79 Å². The van der Waals surface area contributed by atoms with Gasteiger partial charge in [-0.15, -0.1) is 0 Å². The van der Waals surface area contributed by atoms with Crippen molar-refractivity contribution in [3.05, 3.63) is 29.3 Å². The molecule has 2 unspecified atom stereocenters. The van der Waals surface area contributed by atoms with E-state index < -0.39 is 11.7 Å². The van der Waals surface area contributed by atoms with Gasteiger partial charge in [0.05, 0.1) is 0 Å². The van der Waals surface area contributed by atoms with Crippen molar-refractivity contribution in [1.29, 1.82) is 0 Å². The Labute approximate surface area is 138 Å². The highest BCUT2D eigenvalue weighted by Crippen LogP contribution is 2.33. The molecule has 0 saturated heterocycles. The Bertz CT molecular complexity index is 580. The summed E-state index contributed by atoms with van der Waals surface area (Å²) in [5, 5.41) is 2.83. The molecule has 0 bridgehead atoms. The fraction of sp³-hybridized carbons (Fsp3) is 0.611. The second-order valence-electron chi connectivity index (χ2n) is 7.58. The molecule has 1 aromatic rings. The summed E-state index contributed by atoms with van der Waals surface area (Å²) >= 11 is 0. The van der Waals surface area contributed by atoms with Crippen LogP contribution in [0.1, 0.15) is 45.7 Å². The van der Waals surface area contributed by atoms with E-state index in [2.05, 4.69) is 18.3 Å². The zero-order valence-corrected chi connectivity index (χ0v) is 14.7. The molecule has 128 valence electrons. The Balaban J connectivity index is 2.09. The number of carbonyl (C=O) groups is 1. The van der Waals surface area contributed by atoms with Crippen molar-refractivity contribution >= 4 is 6.09 Å². The molecular weight excluding hydrogens is 292 g/mol. The van der Waals surface area contributed by atoms with Gasteiger partial charge in [-0.3, -0.25) is 0 Å². The number of alkyl carbamates (subject to hydrolysis) is 1. The summed E-state index contributed by atoms with van der Waals surface area (Å²) in [6, 6.07) is 6.17. The molecule has 0 saturated carbocycles. The average molecular weight is 320 g/mol. The zero-order valence-electron chi connectivity index (χ0n) is 14.7. The van der Waals surface area contributed by atoms with E-state index >= 15 is 0 Å². The van der Waals surface area contributed by atoms with Crippen molar-refractivity contribution < 1.29 is 14.3 Å². The molecule has 1 aromatic carbocycles. The molecule has 5 nitrogen and oxygen atoms in total. The van der Waals surface area contributed by atoms with Crippen LogP contribution in [0.4, 0.5) is 4.79 Å². The van der Waals surface area contributed by atoms with Crippen molar-refractivity contribution in [1.82, 2.24) is 5.32 Å². The van der Waals surface area contributed by atoms with E-state index in [1.165, 1.54) is 5.56 Å². The number of ether oxygens (including phenoxy) is 2. The number of amides is 1. The molecule has 0 aromatic heterocycles. The highest BCUT2D eigenvalue weighted by molar-refractivity contribution is 5.67. The van der Waals surface area contributed by atoms with Crippen molar-refractivity contribution in [2.24, 2.45) is 5.73 Å². The Hall–Kier alpha value is -1.75. The van der Waals surface area contributed by atoms with E-state index in [1.54, 1.807) is 0 Å². The van der Waals surface area contributed by atoms with Crippen LogP contribution in [0.3, 0.4) is 0 Å². The monoisotopic (exact) mass is 320 g/mol. The van der Waals surface area contributed by atoms with Gasteiger partial charge < -0.3 is 20.5 Å². The van der Waals surface area contributed by atoms with Crippen molar-refractivity contribution in [2.75, 3.05) is 13.1 Å². The van der Waals surface area contributed by atoms with Gasteiger partial charge in [-0.25, -0.2) is 4.79 Å². The van der Waals surface area contributed by atoms with Gasteiger partial charge in [0.2, 0.25) is 0 Å². The molecule has 0 radical (unpaired) electrons. The summed E-state index contributed by atoms with van der Waals surface area (Å²) in [6.07, 6.45) is 0.697. The van der Waals surface area contributed by atoms with Gasteiger partial charge in [-0.05, 0) is 44.9 Å². The van der Waals surface area contributed by atoms with Crippen LogP contribution in [-0.4, -0.2) is 30.9 Å². The normalized spacial score (nSPS) is 19.5. The van der Waals surface area contributed by atoms with Crippen LogP contribution in [0.25, 0.3) is 0 Å². The van der Waals surface area contributed by atoms with Gasteiger partial charge in [0.15, 0.2) is 0 Å². The first kappa shape index (κ1) is 17.6. The molecule has 2 rings (SSSR count). The lowest BCUT2D eigenvalue weighted by Crippen LogP contribution is -2.45. The SMILES string of the molecule is CC1Cc2cc(C(C)(CN)CNC(=O)OC(C)(C)C)ccc2O1. The molecule has 0 aliphatic carbocycles. The first-order valence-corrected chi connectivity index (χ1v) is 8.10. The first-order valence-electron chi connectivity index (χ1n) is 8.10. The molecule has 3 N–H and O–H groups in total. The molecule has 1 aliphatic rings. The Morgan fingerprint density at radius 3 is 2.70 bits per heavy atom. The van der Waals surface area contributed by atoms with Crippen molar-refractivity contribution in [3.63, 3.8) is 0 Å². The zero-order chi connectivity index (χ0) is 17.3. The number of hydrogen-bond donors (Lipinski definition) is 2. The molecule has 1 amide bonds. The summed E-state index contributed by atoms with van der Waals surface area (Å²) in [5.74, 6) is 0.945. The largest absolute Gasteiger partial charge is 0.490 e. The molecule has 0 fully saturated rings. The smallest absolute Gasteiger partial charge is 0.407 e. The highest BCUT2D eigenvalue weighted by atomic mass is 16.6. The maximum absolute atomic E-state index is 11.9. The quantitative estimate of drug-likeness (QED) is 0.894. The van der Waals surface area contributed by atoms with Crippen molar-refractivity contribution in [3.8, 4) is 5.75 Å². The standard InChI is InChI=1S/C18H28N2O3/c1-12-8-13-9-14(6-7-15(13)22-12)18(5,10-19)11-20-16(21)23-17(2,3)4/h6-7,9,12H,8,10-11,19H2,1-5H3,(H,20,21). The minimum Gasteiger partial charge on any atom is -0.490 e. The van der Waals surface area contributed by atoms with Crippen LogP contribution < -0.4 is 15.8 Å². The first-order chi connectivity index (χ1) is 10.6. The summed E-state index contributed by atoms with van der Waals surface area (Å²) in [4.78, 5) is 11.9. The number of nitrogens with two attached hydrogens (primary N) is 1. The third-order valence-electron chi connectivity index (χ3n) is 4.07. The molecule has 0 spiro atoms. The number of benzene rings is 1. The summed E-state index contributed by atoms with van der Waals surface area (Å²) < 4.78 is 11.0. The van der Waals surface area contributed by atoms with Crippen LogP contribution in [0.2, 0.25) is 0 Å². The predicted molar refractivity (Wildman–Crippen MR) is 90.9 cm³/mol. The second-order valence-corrected chi connectivity index (χ2v) is 7.58. The number of carbonyl (C=O) groups excluding carboxylic acids is 1. The van der Waals surface area contributed by atoms with Gasteiger partial charge in [0, 0.05) is 24.9 Å². The number of nitrogens with one attached hydrogen (secondary N) is 1. The number of hydrogen-bond acceptors (Lipinski definition) is 4. The minimum absolute atomic E-state index is 0.212. The third kappa shape index (κ3) is 4.38. The van der Waals surface area contributed by atoms with E-state index in [0.717, 1.165) is 17.7 Å². The van der Waals surface area contributed by atoms with E-state index in [4.69, 9.17) is 15.2 Å². The van der Waals surface area contributed by atoms with Crippen LogP contribution in [-0.2, 0) is 16.6 Å². The van der Waals surface area contributed by atoms with Gasteiger partial charge in [-0.2, -0.15) is 0 Å². The number of fused-ring (bicyclic) bond motifs is 1. The van der Waals surface area contributed by atoms with Gasteiger partial charge in [0.1, 0.15) is 17.5 Å². The van der Waals surface area contributed by atoms with E-state index in [0.29, 0.717) is 13.1 Å². The maximum Gasteiger partial charge on any atom is 0.407 e. The van der Waals surface area contributed by atoms with E-state index in [-0.39, 0.29) is 11.5 Å². The van der Waals surface area contributed by atoms with Gasteiger partial charge in [0.25, 0.3) is 0 Å². The molecule has 2 atom stereocenters. The molecule has 23 heavy (non-hydrogen) atoms. The Morgan fingerprint density at radius 2 is 2.09 bits per heavy atom. The second kappa shape index (κ2) is 6.40. The van der Waals surface area contributed by atoms with Gasteiger partial charge >= 0.3 is 6.09 Å². The fourth-order valence-electron chi connectivity index (χ4n) is 2.67. The lowest BCUT2D eigenvalue weighted by molar-refractivity contribution is 0.0516. The minimum atomic E-state index is -0.510. The third-order valence-corrected chi connectivity index (χ3v) is 4.07. The van der Waals surface area contributed by atoms with Crippen LogP contribution in [0, 0.1) is 0 Å². The summed E-state index contributed by atoms with van der Waals surface area (Å²) in [5.41, 5.74) is 7.45. The molecule has 1 heterocycles. The summed E-state index contributed by atoms with van der Waals surface area (Å²) in [7, 11) is 0. The Kier molecular flexibility index (Phi) is 4.90. The number of rotatable bonds is 4.